The zero-order chi connectivity index (χ0) is 24.4. The van der Waals surface area contributed by atoms with Gasteiger partial charge in [-0.05, 0) is 60.2 Å². The lowest BCUT2D eigenvalue weighted by Gasteiger charge is -2.29. The highest BCUT2D eigenvalue weighted by Gasteiger charge is 2.41. The van der Waals surface area contributed by atoms with Crippen molar-refractivity contribution >= 4 is 23.0 Å². The number of pyridine rings is 1. The summed E-state index contributed by atoms with van der Waals surface area (Å²) in [6.07, 6.45) is 3.68. The molecule has 0 amide bonds. The van der Waals surface area contributed by atoms with Crippen LogP contribution in [-0.2, 0) is 6.54 Å². The number of nitrogens with zero attached hydrogens (tertiary/aromatic N) is 4. The van der Waals surface area contributed by atoms with Gasteiger partial charge in [0.05, 0.1) is 35.5 Å². The Morgan fingerprint density at radius 3 is 2.63 bits per heavy atom. The number of benzene rings is 2. The van der Waals surface area contributed by atoms with E-state index in [1.165, 1.54) is 6.07 Å². The number of nitro benzene ring substituents is 1. The fraction of sp³-hybridized carbons (Fsp3) is 0.154. The second-order valence-electron chi connectivity index (χ2n) is 8.18. The molecule has 0 radical (unpaired) electrons. The van der Waals surface area contributed by atoms with E-state index in [2.05, 4.69) is 15.2 Å². The summed E-state index contributed by atoms with van der Waals surface area (Å²) in [5.41, 5.74) is 3.64. The largest absolute Gasteiger partial charge is 0.497 e. The van der Waals surface area contributed by atoms with E-state index in [1.807, 2.05) is 71.4 Å². The lowest BCUT2D eigenvalue weighted by Crippen LogP contribution is -2.30. The number of rotatable bonds is 7. The minimum Gasteiger partial charge on any atom is -0.497 e. The van der Waals surface area contributed by atoms with Crippen LogP contribution >= 0.6 is 12.2 Å². The van der Waals surface area contributed by atoms with Crippen LogP contribution in [0, 0.1) is 10.1 Å². The Morgan fingerprint density at radius 2 is 1.91 bits per heavy atom. The molecule has 9 heteroatoms. The van der Waals surface area contributed by atoms with E-state index in [9.17, 15) is 10.1 Å². The average Bonchev–Trinajstić information content (AvgIpc) is 3.49. The number of methoxy groups -OCH3 is 1. The number of thiocarbonyl (C=S) groups is 1. The number of nitro groups is 1. The molecule has 0 unspecified atom stereocenters. The van der Waals surface area contributed by atoms with Crippen molar-refractivity contribution in [3.05, 3.63) is 118 Å². The second kappa shape index (κ2) is 9.55. The van der Waals surface area contributed by atoms with Gasteiger partial charge in [-0.3, -0.25) is 15.1 Å². The van der Waals surface area contributed by atoms with Gasteiger partial charge in [0, 0.05) is 36.8 Å². The molecule has 3 heterocycles. The van der Waals surface area contributed by atoms with Gasteiger partial charge in [0.25, 0.3) is 5.69 Å². The first-order valence-corrected chi connectivity index (χ1v) is 11.5. The third kappa shape index (κ3) is 4.45. The zero-order valence-corrected chi connectivity index (χ0v) is 19.8. The maximum absolute atomic E-state index is 11.4. The van der Waals surface area contributed by atoms with E-state index in [0.717, 1.165) is 22.7 Å². The predicted octanol–water partition coefficient (Wildman–Crippen LogP) is 4.96. The highest BCUT2D eigenvalue weighted by molar-refractivity contribution is 7.80. The number of hydrogen-bond acceptors (Lipinski definition) is 5. The van der Waals surface area contributed by atoms with Gasteiger partial charge in [0.1, 0.15) is 5.75 Å². The van der Waals surface area contributed by atoms with Crippen LogP contribution in [0.15, 0.2) is 91.3 Å². The molecule has 1 aliphatic heterocycles. The molecule has 2 atom stereocenters. The summed E-state index contributed by atoms with van der Waals surface area (Å²) in [5, 5.41) is 15.5. The summed E-state index contributed by atoms with van der Waals surface area (Å²) in [6.45, 7) is 0.573. The molecule has 1 saturated heterocycles. The Hall–Kier alpha value is -4.24. The molecule has 1 aliphatic rings. The van der Waals surface area contributed by atoms with Gasteiger partial charge in [0.2, 0.25) is 0 Å². The lowest BCUT2D eigenvalue weighted by molar-refractivity contribution is -0.384. The molecule has 0 aliphatic carbocycles. The van der Waals surface area contributed by atoms with E-state index in [0.29, 0.717) is 17.3 Å². The number of hydrogen-bond donors (Lipinski definition) is 1. The molecule has 1 fully saturated rings. The number of aromatic nitrogens is 2. The van der Waals surface area contributed by atoms with E-state index in [1.54, 1.807) is 25.4 Å². The van der Waals surface area contributed by atoms with Gasteiger partial charge in [-0.1, -0.05) is 24.3 Å². The molecule has 0 saturated carbocycles. The molecule has 35 heavy (non-hydrogen) atoms. The number of ether oxygens (including phenoxy) is 1. The summed E-state index contributed by atoms with van der Waals surface area (Å²) in [6, 6.07) is 23.9. The van der Waals surface area contributed by atoms with Crippen LogP contribution in [0.25, 0.3) is 5.69 Å². The second-order valence-corrected chi connectivity index (χ2v) is 8.57. The highest BCUT2D eigenvalue weighted by Crippen LogP contribution is 2.40. The Bertz CT molecular complexity index is 1360. The van der Waals surface area contributed by atoms with Gasteiger partial charge in [0.15, 0.2) is 5.11 Å². The van der Waals surface area contributed by atoms with Gasteiger partial charge in [-0.2, -0.15) is 0 Å². The van der Waals surface area contributed by atoms with Crippen molar-refractivity contribution in [3.8, 4) is 11.4 Å². The normalized spacial score (nSPS) is 17.3. The quantitative estimate of drug-likeness (QED) is 0.225. The van der Waals surface area contributed by atoms with Crippen LogP contribution in [0.4, 0.5) is 5.69 Å². The van der Waals surface area contributed by atoms with Crippen LogP contribution in [-0.4, -0.2) is 31.6 Å². The summed E-state index contributed by atoms with van der Waals surface area (Å²) in [5.74, 6) is 0.790. The molecular weight excluding hydrogens is 462 g/mol. The Balaban J connectivity index is 1.58. The fourth-order valence-corrected chi connectivity index (χ4v) is 4.76. The molecule has 176 valence electrons. The maximum atomic E-state index is 11.4. The molecule has 0 bridgehead atoms. The minimum atomic E-state index is -0.383. The standard InChI is InChI=1S/C26H23N5O3S/c1-34-21-12-10-18(11-13-21)17-30-25(24(28-26(30)35)22-8-2-3-14-27-22)23-9-5-15-29(23)19-6-4-7-20(16-19)31(32)33/h2-16,24-25H,17H2,1H3,(H,28,35)/t24-,25+/m0/s1. The smallest absolute Gasteiger partial charge is 0.271 e. The first-order chi connectivity index (χ1) is 17.0. The summed E-state index contributed by atoms with van der Waals surface area (Å²) >= 11 is 5.80. The van der Waals surface area contributed by atoms with Gasteiger partial charge in [-0.15, -0.1) is 0 Å². The minimum absolute atomic E-state index is 0.0404. The molecule has 0 spiro atoms. The van der Waals surface area contributed by atoms with E-state index < -0.39 is 0 Å². The zero-order valence-electron chi connectivity index (χ0n) is 18.9. The van der Waals surface area contributed by atoms with Crippen molar-refractivity contribution in [2.75, 3.05) is 7.11 Å². The van der Waals surface area contributed by atoms with Crippen LogP contribution in [0.1, 0.15) is 29.0 Å². The van der Waals surface area contributed by atoms with Crippen LogP contribution < -0.4 is 10.1 Å². The van der Waals surface area contributed by atoms with E-state index in [-0.39, 0.29) is 22.7 Å². The molecule has 8 nitrogen and oxygen atoms in total. The highest BCUT2D eigenvalue weighted by atomic mass is 32.1. The average molecular weight is 486 g/mol. The van der Waals surface area contributed by atoms with Crippen LogP contribution in [0.2, 0.25) is 0 Å². The molecular formula is C26H23N5O3S. The van der Waals surface area contributed by atoms with Crippen molar-refractivity contribution in [3.63, 3.8) is 0 Å². The maximum Gasteiger partial charge on any atom is 0.271 e. The predicted molar refractivity (Wildman–Crippen MR) is 136 cm³/mol. The first-order valence-electron chi connectivity index (χ1n) is 11.1. The topological polar surface area (TPSA) is 85.5 Å². The fourth-order valence-electron chi connectivity index (χ4n) is 4.45. The van der Waals surface area contributed by atoms with Crippen molar-refractivity contribution in [2.24, 2.45) is 0 Å². The first kappa shape index (κ1) is 22.5. The monoisotopic (exact) mass is 485 g/mol. The Morgan fingerprint density at radius 1 is 1.09 bits per heavy atom. The van der Waals surface area contributed by atoms with Crippen molar-refractivity contribution in [1.82, 2.24) is 19.8 Å². The molecule has 2 aromatic heterocycles. The summed E-state index contributed by atoms with van der Waals surface area (Å²) in [4.78, 5) is 17.7. The van der Waals surface area contributed by atoms with Crippen molar-refractivity contribution < 1.29 is 9.66 Å². The van der Waals surface area contributed by atoms with E-state index in [4.69, 9.17) is 17.0 Å². The molecule has 2 aromatic carbocycles. The van der Waals surface area contributed by atoms with Crippen LogP contribution in [0.5, 0.6) is 5.75 Å². The lowest BCUT2D eigenvalue weighted by atomic mass is 10.0. The summed E-state index contributed by atoms with van der Waals surface area (Å²) < 4.78 is 7.27. The SMILES string of the molecule is COc1ccc(CN2C(=S)N[C@@H](c3ccccn3)[C@H]2c2cccn2-c2cccc([N+](=O)[O-])c2)cc1. The van der Waals surface area contributed by atoms with E-state index >= 15 is 0 Å². The Labute approximate surface area is 207 Å². The molecule has 5 rings (SSSR count). The Kier molecular flexibility index (Phi) is 6.15. The van der Waals surface area contributed by atoms with Crippen molar-refractivity contribution in [1.29, 1.82) is 0 Å². The van der Waals surface area contributed by atoms with Gasteiger partial charge >= 0.3 is 0 Å². The van der Waals surface area contributed by atoms with Gasteiger partial charge < -0.3 is 19.5 Å². The van der Waals surface area contributed by atoms with Crippen LogP contribution in [0.3, 0.4) is 0 Å². The van der Waals surface area contributed by atoms with Crippen molar-refractivity contribution in [2.45, 2.75) is 18.6 Å². The molecule has 1 N–H and O–H groups in total. The number of non-ortho nitro benzene ring substituents is 1. The third-order valence-corrected chi connectivity index (χ3v) is 6.46. The summed E-state index contributed by atoms with van der Waals surface area (Å²) in [7, 11) is 1.64. The molecule has 4 aromatic rings. The third-order valence-electron chi connectivity index (χ3n) is 6.11. The van der Waals surface area contributed by atoms with Gasteiger partial charge in [-0.25, -0.2) is 0 Å². The number of nitrogens with one attached hydrogen (secondary N) is 1.